The summed E-state index contributed by atoms with van der Waals surface area (Å²) in [5, 5.41) is 9.39. The first-order chi connectivity index (χ1) is 11.4. The normalized spacial score (nSPS) is 10.3. The van der Waals surface area contributed by atoms with Crippen LogP contribution >= 0.6 is 31.9 Å². The second-order valence-electron chi connectivity index (χ2n) is 4.55. The molecule has 1 aromatic carbocycles. The van der Waals surface area contributed by atoms with Crippen molar-refractivity contribution < 1.29 is 9.47 Å². The van der Waals surface area contributed by atoms with Crippen LogP contribution in [0, 0.1) is 11.3 Å². The summed E-state index contributed by atoms with van der Waals surface area (Å²) in [4.78, 5) is 8.00. The molecule has 24 heavy (non-hydrogen) atoms. The molecule has 4 N–H and O–H groups in total. The third-order valence-corrected chi connectivity index (χ3v) is 5.15. The fraction of sp³-hybridized carbons (Fsp3) is 0.267. The summed E-state index contributed by atoms with van der Waals surface area (Å²) in [5.74, 6) is 1.08. The monoisotopic (exact) mass is 455 g/mol. The molecule has 9 heteroatoms. The molecule has 0 bridgehead atoms. The van der Waals surface area contributed by atoms with Crippen LogP contribution in [0.5, 0.6) is 11.5 Å². The van der Waals surface area contributed by atoms with Gasteiger partial charge in [0.25, 0.3) is 0 Å². The number of nitrogens with two attached hydrogens (primary N) is 2. The summed E-state index contributed by atoms with van der Waals surface area (Å²) in [6.45, 7) is 4.67. The van der Waals surface area contributed by atoms with E-state index in [1.807, 2.05) is 19.9 Å². The first-order valence-electron chi connectivity index (χ1n) is 7.05. The van der Waals surface area contributed by atoms with E-state index in [0.717, 1.165) is 0 Å². The van der Waals surface area contributed by atoms with Crippen molar-refractivity contribution >= 4 is 43.6 Å². The van der Waals surface area contributed by atoms with E-state index >= 15 is 0 Å². The Hall–Kier alpha value is -2.05. The van der Waals surface area contributed by atoms with Crippen molar-refractivity contribution in [2.24, 2.45) is 0 Å². The zero-order chi connectivity index (χ0) is 17.9. The maximum Gasteiger partial charge on any atom is 0.222 e. The molecule has 0 atom stereocenters. The van der Waals surface area contributed by atoms with Crippen LogP contribution in [0.1, 0.15) is 19.4 Å². The molecule has 0 fully saturated rings. The average Bonchev–Trinajstić information content (AvgIpc) is 2.54. The number of nitrogens with zero attached hydrogens (tertiary/aromatic N) is 3. The molecular formula is C15H15Br2N5O2. The molecule has 0 aliphatic heterocycles. The van der Waals surface area contributed by atoms with Crippen molar-refractivity contribution in [3.05, 3.63) is 20.6 Å². The second-order valence-corrected chi connectivity index (χ2v) is 6.13. The Morgan fingerprint density at radius 1 is 1.12 bits per heavy atom. The van der Waals surface area contributed by atoms with Crippen molar-refractivity contribution in [2.75, 3.05) is 24.7 Å². The lowest BCUT2D eigenvalue weighted by Gasteiger charge is -2.17. The molecule has 0 spiro atoms. The molecule has 7 nitrogen and oxygen atoms in total. The van der Waals surface area contributed by atoms with Crippen LogP contribution in [0.2, 0.25) is 0 Å². The van der Waals surface area contributed by atoms with Crippen LogP contribution in [0.15, 0.2) is 15.0 Å². The molecule has 0 aliphatic rings. The number of nitriles is 1. The molecular weight excluding hydrogens is 442 g/mol. The Morgan fingerprint density at radius 2 is 1.79 bits per heavy atom. The number of hydrogen-bond acceptors (Lipinski definition) is 7. The van der Waals surface area contributed by atoms with Crippen molar-refractivity contribution in [2.45, 2.75) is 13.8 Å². The number of halogens is 2. The van der Waals surface area contributed by atoms with E-state index in [4.69, 9.17) is 20.9 Å². The van der Waals surface area contributed by atoms with Crippen molar-refractivity contribution in [3.63, 3.8) is 0 Å². The summed E-state index contributed by atoms with van der Waals surface area (Å²) in [7, 11) is 0. The standard InChI is InChI=1S/C15H15Br2N5O2/c1-3-23-9-5-7(10(16)11(17)13(9)24-4-2)12-8(6-18)14(19)22-15(20)21-12/h5H,3-4H2,1-2H3,(H4,19,20,21,22). The van der Waals surface area contributed by atoms with Gasteiger partial charge in [0, 0.05) is 10.0 Å². The van der Waals surface area contributed by atoms with Gasteiger partial charge >= 0.3 is 0 Å². The lowest BCUT2D eigenvalue weighted by molar-refractivity contribution is 0.286. The van der Waals surface area contributed by atoms with Gasteiger partial charge in [-0.2, -0.15) is 10.2 Å². The van der Waals surface area contributed by atoms with Crippen molar-refractivity contribution in [1.82, 2.24) is 9.97 Å². The van der Waals surface area contributed by atoms with Gasteiger partial charge in [0.2, 0.25) is 5.95 Å². The van der Waals surface area contributed by atoms with E-state index in [0.29, 0.717) is 44.9 Å². The first kappa shape index (κ1) is 18.3. The van der Waals surface area contributed by atoms with Gasteiger partial charge in [-0.3, -0.25) is 0 Å². The lowest BCUT2D eigenvalue weighted by Crippen LogP contribution is -2.06. The minimum Gasteiger partial charge on any atom is -0.490 e. The molecule has 0 radical (unpaired) electrons. The number of anilines is 2. The van der Waals surface area contributed by atoms with E-state index in [-0.39, 0.29) is 17.3 Å². The molecule has 126 valence electrons. The van der Waals surface area contributed by atoms with Gasteiger partial charge in [-0.15, -0.1) is 0 Å². The van der Waals surface area contributed by atoms with Gasteiger partial charge in [0.05, 0.1) is 23.4 Å². The highest BCUT2D eigenvalue weighted by molar-refractivity contribution is 9.13. The number of benzene rings is 1. The zero-order valence-corrected chi connectivity index (χ0v) is 16.2. The molecule has 0 aliphatic carbocycles. The zero-order valence-electron chi connectivity index (χ0n) is 13.1. The number of nitrogen functional groups attached to an aromatic ring is 2. The third kappa shape index (κ3) is 3.39. The van der Waals surface area contributed by atoms with Crippen molar-refractivity contribution in [3.8, 4) is 28.8 Å². The maximum atomic E-state index is 9.39. The number of rotatable bonds is 5. The summed E-state index contributed by atoms with van der Waals surface area (Å²) in [6, 6.07) is 3.74. The second kappa shape index (κ2) is 7.68. The summed E-state index contributed by atoms with van der Waals surface area (Å²) in [5.41, 5.74) is 12.5. The molecule has 2 aromatic rings. The number of ether oxygens (including phenoxy) is 2. The number of hydrogen-bond donors (Lipinski definition) is 2. The molecule has 0 amide bonds. The Morgan fingerprint density at radius 3 is 2.38 bits per heavy atom. The van der Waals surface area contributed by atoms with E-state index < -0.39 is 0 Å². The highest BCUT2D eigenvalue weighted by atomic mass is 79.9. The van der Waals surface area contributed by atoms with Crippen LogP contribution < -0.4 is 20.9 Å². The fourth-order valence-corrected chi connectivity index (χ4v) is 3.11. The largest absolute Gasteiger partial charge is 0.490 e. The van der Waals surface area contributed by atoms with Crippen LogP contribution in [0.25, 0.3) is 11.3 Å². The lowest BCUT2D eigenvalue weighted by atomic mass is 10.1. The predicted molar refractivity (Wildman–Crippen MR) is 98.7 cm³/mol. The van der Waals surface area contributed by atoms with Crippen LogP contribution in [0.3, 0.4) is 0 Å². The van der Waals surface area contributed by atoms with Crippen LogP contribution in [0.4, 0.5) is 11.8 Å². The quantitative estimate of drug-likeness (QED) is 0.706. The molecule has 1 heterocycles. The molecule has 0 unspecified atom stereocenters. The molecule has 0 saturated carbocycles. The summed E-state index contributed by atoms with van der Waals surface area (Å²) in [6.07, 6.45) is 0. The summed E-state index contributed by atoms with van der Waals surface area (Å²) < 4.78 is 12.6. The molecule has 1 aromatic heterocycles. The Balaban J connectivity index is 2.79. The molecule has 2 rings (SSSR count). The van der Waals surface area contributed by atoms with E-state index in [1.165, 1.54) is 0 Å². The summed E-state index contributed by atoms with van der Waals surface area (Å²) >= 11 is 6.99. The highest BCUT2D eigenvalue weighted by Crippen LogP contribution is 2.46. The molecule has 0 saturated heterocycles. The average molecular weight is 457 g/mol. The van der Waals surface area contributed by atoms with Crippen LogP contribution in [-0.2, 0) is 0 Å². The van der Waals surface area contributed by atoms with Crippen molar-refractivity contribution in [1.29, 1.82) is 5.26 Å². The van der Waals surface area contributed by atoms with E-state index in [9.17, 15) is 5.26 Å². The number of aromatic nitrogens is 2. The topological polar surface area (TPSA) is 120 Å². The van der Waals surface area contributed by atoms with Gasteiger partial charge in [-0.1, -0.05) is 0 Å². The third-order valence-electron chi connectivity index (χ3n) is 3.04. The van der Waals surface area contributed by atoms with Crippen LogP contribution in [-0.4, -0.2) is 23.2 Å². The first-order valence-corrected chi connectivity index (χ1v) is 8.64. The Kier molecular flexibility index (Phi) is 5.85. The maximum absolute atomic E-state index is 9.39. The van der Waals surface area contributed by atoms with Gasteiger partial charge < -0.3 is 20.9 Å². The van der Waals surface area contributed by atoms with E-state index in [1.54, 1.807) is 6.07 Å². The SMILES string of the molecule is CCOc1cc(-c2nc(N)nc(N)c2C#N)c(Br)c(Br)c1OCC. The van der Waals surface area contributed by atoms with Gasteiger partial charge in [-0.05, 0) is 51.8 Å². The van der Waals surface area contributed by atoms with Gasteiger partial charge in [0.15, 0.2) is 11.5 Å². The smallest absolute Gasteiger partial charge is 0.222 e. The fourth-order valence-electron chi connectivity index (χ4n) is 2.10. The Bertz CT molecular complexity index is 821. The van der Waals surface area contributed by atoms with Gasteiger partial charge in [-0.25, -0.2) is 4.98 Å². The minimum absolute atomic E-state index is 0.0173. The Labute approximate surface area is 156 Å². The van der Waals surface area contributed by atoms with E-state index in [2.05, 4.69) is 41.8 Å². The predicted octanol–water partition coefficient (Wildman–Crippen LogP) is 3.50. The minimum atomic E-state index is -0.0173. The van der Waals surface area contributed by atoms with Gasteiger partial charge in [0.1, 0.15) is 17.5 Å². The highest BCUT2D eigenvalue weighted by Gasteiger charge is 2.22.